The summed E-state index contributed by atoms with van der Waals surface area (Å²) in [7, 11) is 3.25. The number of carbonyl (C=O) groups is 1. The molecule has 138 valence electrons. The summed E-state index contributed by atoms with van der Waals surface area (Å²) in [5.74, 6) is 2.77. The van der Waals surface area contributed by atoms with E-state index in [9.17, 15) is 4.79 Å². The summed E-state index contributed by atoms with van der Waals surface area (Å²) in [5, 5.41) is 3.44. The molecule has 2 aliphatic heterocycles. The number of nitrogens with one attached hydrogen (secondary N) is 1. The lowest BCUT2D eigenvalue weighted by molar-refractivity contribution is -0.115. The quantitative estimate of drug-likeness (QED) is 0.896. The van der Waals surface area contributed by atoms with Crippen molar-refractivity contribution in [2.24, 2.45) is 0 Å². The minimum Gasteiger partial charge on any atom is -0.497 e. The molecule has 0 bridgehead atoms. The van der Waals surface area contributed by atoms with E-state index in [-0.39, 0.29) is 18.5 Å². The summed E-state index contributed by atoms with van der Waals surface area (Å²) in [4.78, 5) is 12.7. The maximum absolute atomic E-state index is 12.7. The van der Waals surface area contributed by atoms with Crippen LogP contribution in [0.25, 0.3) is 0 Å². The molecule has 0 fully saturated rings. The standard InChI is InChI=1S/C21H19NO5/c1-24-12-5-11(6-13(7-12)25-2)20-14-8-18-19(27-10-26-18)9-16(14)22-15-3-4-17(23)21(15)20/h5-9,20,22H,3-4,10H2,1-2H3. The summed E-state index contributed by atoms with van der Waals surface area (Å²) in [5.41, 5.74) is 4.69. The Hall–Kier alpha value is -3.15. The third kappa shape index (κ3) is 2.44. The fourth-order valence-corrected chi connectivity index (χ4v) is 4.11. The molecule has 1 unspecified atom stereocenters. The number of rotatable bonds is 3. The molecule has 0 radical (unpaired) electrons. The summed E-state index contributed by atoms with van der Waals surface area (Å²) in [6.07, 6.45) is 1.25. The predicted octanol–water partition coefficient (Wildman–Crippen LogP) is 3.61. The molecule has 0 aromatic heterocycles. The molecule has 6 nitrogen and oxygen atoms in total. The van der Waals surface area contributed by atoms with Crippen molar-refractivity contribution in [1.82, 2.24) is 0 Å². The number of ketones is 1. The van der Waals surface area contributed by atoms with Crippen LogP contribution in [-0.2, 0) is 4.79 Å². The number of hydrogen-bond donors (Lipinski definition) is 1. The van der Waals surface area contributed by atoms with Crippen LogP contribution >= 0.6 is 0 Å². The molecule has 0 saturated carbocycles. The first kappa shape index (κ1) is 16.1. The van der Waals surface area contributed by atoms with Gasteiger partial charge in [-0.25, -0.2) is 0 Å². The highest BCUT2D eigenvalue weighted by Crippen LogP contribution is 2.50. The maximum Gasteiger partial charge on any atom is 0.231 e. The lowest BCUT2D eigenvalue weighted by Gasteiger charge is -2.29. The fourth-order valence-electron chi connectivity index (χ4n) is 4.11. The van der Waals surface area contributed by atoms with Crippen molar-refractivity contribution in [2.75, 3.05) is 26.3 Å². The number of fused-ring (bicyclic) bond motifs is 2. The van der Waals surface area contributed by atoms with Crippen LogP contribution in [0.5, 0.6) is 23.0 Å². The van der Waals surface area contributed by atoms with E-state index in [1.807, 2.05) is 30.3 Å². The second-order valence-electron chi connectivity index (χ2n) is 6.81. The lowest BCUT2D eigenvalue weighted by atomic mass is 9.80. The molecule has 27 heavy (non-hydrogen) atoms. The SMILES string of the molecule is COc1cc(OC)cc(C2C3=C(CCC3=O)Nc3cc4c(cc32)OCO4)c1. The topological polar surface area (TPSA) is 66.0 Å². The zero-order chi connectivity index (χ0) is 18.5. The first-order chi connectivity index (χ1) is 13.2. The zero-order valence-electron chi connectivity index (χ0n) is 15.1. The molecule has 0 spiro atoms. The van der Waals surface area contributed by atoms with Crippen LogP contribution < -0.4 is 24.3 Å². The highest BCUT2D eigenvalue weighted by Gasteiger charge is 2.38. The van der Waals surface area contributed by atoms with Crippen LogP contribution in [0, 0.1) is 0 Å². The smallest absolute Gasteiger partial charge is 0.231 e. The number of allylic oxidation sites excluding steroid dienone is 2. The number of carbonyl (C=O) groups excluding carboxylic acids is 1. The van der Waals surface area contributed by atoms with Crippen LogP contribution in [0.1, 0.15) is 29.9 Å². The molecular formula is C21H19NO5. The van der Waals surface area contributed by atoms with Crippen molar-refractivity contribution in [3.63, 3.8) is 0 Å². The summed E-state index contributed by atoms with van der Waals surface area (Å²) >= 11 is 0. The van der Waals surface area contributed by atoms with E-state index in [1.165, 1.54) is 0 Å². The molecule has 1 aliphatic carbocycles. The average Bonchev–Trinajstić information content (AvgIpc) is 3.30. The van der Waals surface area contributed by atoms with Crippen LogP contribution in [-0.4, -0.2) is 26.8 Å². The van der Waals surface area contributed by atoms with E-state index < -0.39 is 0 Å². The Bertz CT molecular complexity index is 972. The van der Waals surface area contributed by atoms with Crippen molar-refractivity contribution in [1.29, 1.82) is 0 Å². The fraction of sp³-hybridized carbons (Fsp3) is 0.286. The minimum atomic E-state index is -0.204. The van der Waals surface area contributed by atoms with Crippen LogP contribution in [0.2, 0.25) is 0 Å². The number of anilines is 1. The van der Waals surface area contributed by atoms with Gasteiger partial charge in [0.2, 0.25) is 6.79 Å². The third-order valence-electron chi connectivity index (χ3n) is 5.36. The van der Waals surface area contributed by atoms with Gasteiger partial charge in [0.05, 0.1) is 14.2 Å². The Morgan fingerprint density at radius 1 is 0.963 bits per heavy atom. The van der Waals surface area contributed by atoms with Gasteiger partial charge in [-0.15, -0.1) is 0 Å². The first-order valence-electron chi connectivity index (χ1n) is 8.87. The van der Waals surface area contributed by atoms with Gasteiger partial charge in [-0.05, 0) is 35.7 Å². The predicted molar refractivity (Wildman–Crippen MR) is 98.8 cm³/mol. The highest BCUT2D eigenvalue weighted by atomic mass is 16.7. The number of benzene rings is 2. The second kappa shape index (κ2) is 5.94. The molecule has 1 N–H and O–H groups in total. The van der Waals surface area contributed by atoms with E-state index in [1.54, 1.807) is 14.2 Å². The molecular weight excluding hydrogens is 346 g/mol. The largest absolute Gasteiger partial charge is 0.497 e. The Balaban J connectivity index is 1.73. The van der Waals surface area contributed by atoms with Gasteiger partial charge < -0.3 is 24.3 Å². The summed E-state index contributed by atoms with van der Waals surface area (Å²) in [6.45, 7) is 0.210. The van der Waals surface area contributed by atoms with Crippen LogP contribution in [0.4, 0.5) is 5.69 Å². The van der Waals surface area contributed by atoms with Gasteiger partial charge in [0, 0.05) is 41.4 Å². The van der Waals surface area contributed by atoms with E-state index >= 15 is 0 Å². The van der Waals surface area contributed by atoms with Gasteiger partial charge in [0.15, 0.2) is 17.3 Å². The van der Waals surface area contributed by atoms with Crippen molar-refractivity contribution < 1.29 is 23.7 Å². The van der Waals surface area contributed by atoms with E-state index in [0.717, 1.165) is 40.3 Å². The van der Waals surface area contributed by atoms with Gasteiger partial charge in [0.25, 0.3) is 0 Å². The van der Waals surface area contributed by atoms with E-state index in [0.29, 0.717) is 23.7 Å². The second-order valence-corrected chi connectivity index (χ2v) is 6.81. The third-order valence-corrected chi connectivity index (χ3v) is 5.36. The van der Waals surface area contributed by atoms with Crippen LogP contribution in [0.15, 0.2) is 41.6 Å². The number of Topliss-reactive ketones (excluding diaryl/α,β-unsaturated/α-hetero) is 1. The van der Waals surface area contributed by atoms with E-state index in [4.69, 9.17) is 18.9 Å². The number of methoxy groups -OCH3 is 2. The van der Waals surface area contributed by atoms with Crippen molar-refractivity contribution in [3.8, 4) is 23.0 Å². The van der Waals surface area contributed by atoms with Crippen LogP contribution in [0.3, 0.4) is 0 Å². The molecule has 2 heterocycles. The van der Waals surface area contributed by atoms with Gasteiger partial charge >= 0.3 is 0 Å². The number of ether oxygens (including phenoxy) is 4. The Kier molecular flexibility index (Phi) is 3.53. The van der Waals surface area contributed by atoms with Gasteiger partial charge in [0.1, 0.15) is 11.5 Å². The first-order valence-corrected chi connectivity index (χ1v) is 8.87. The van der Waals surface area contributed by atoms with Gasteiger partial charge in [-0.1, -0.05) is 0 Å². The lowest BCUT2D eigenvalue weighted by Crippen LogP contribution is -2.19. The molecule has 5 rings (SSSR count). The summed E-state index contributed by atoms with van der Waals surface area (Å²) < 4.78 is 22.0. The van der Waals surface area contributed by atoms with E-state index in [2.05, 4.69) is 5.32 Å². The Labute approximate surface area is 156 Å². The average molecular weight is 365 g/mol. The zero-order valence-corrected chi connectivity index (χ0v) is 15.1. The molecule has 3 aliphatic rings. The Morgan fingerprint density at radius 2 is 1.67 bits per heavy atom. The van der Waals surface area contributed by atoms with Crippen molar-refractivity contribution in [3.05, 3.63) is 52.7 Å². The molecule has 0 amide bonds. The molecule has 2 aromatic rings. The molecule has 1 atom stereocenters. The van der Waals surface area contributed by atoms with Gasteiger partial charge in [-0.2, -0.15) is 0 Å². The van der Waals surface area contributed by atoms with Crippen molar-refractivity contribution in [2.45, 2.75) is 18.8 Å². The Morgan fingerprint density at radius 3 is 2.37 bits per heavy atom. The van der Waals surface area contributed by atoms with Crippen molar-refractivity contribution >= 4 is 11.5 Å². The molecule has 6 heteroatoms. The monoisotopic (exact) mass is 365 g/mol. The summed E-state index contributed by atoms with van der Waals surface area (Å²) in [6, 6.07) is 9.67. The molecule has 0 saturated heterocycles. The minimum absolute atomic E-state index is 0.174. The highest BCUT2D eigenvalue weighted by molar-refractivity contribution is 6.03. The number of hydrogen-bond acceptors (Lipinski definition) is 6. The van der Waals surface area contributed by atoms with Gasteiger partial charge in [-0.3, -0.25) is 4.79 Å². The maximum atomic E-state index is 12.7. The molecule has 2 aromatic carbocycles. The normalized spacial score (nSPS) is 19.5.